The number of ether oxygens (including phenoxy) is 3. The fourth-order valence-corrected chi connectivity index (χ4v) is 3.70. The largest absolute Gasteiger partial charge is 0.486 e. The lowest BCUT2D eigenvalue weighted by Crippen LogP contribution is -2.26. The van der Waals surface area contributed by atoms with Gasteiger partial charge in [0, 0.05) is 38.2 Å². The molecule has 2 aromatic carbocycles. The van der Waals surface area contributed by atoms with Crippen molar-refractivity contribution in [2.24, 2.45) is 0 Å². The molecule has 5 nitrogen and oxygen atoms in total. The molecule has 0 aliphatic carbocycles. The van der Waals surface area contributed by atoms with Crippen LogP contribution in [0.1, 0.15) is 35.9 Å². The summed E-state index contributed by atoms with van der Waals surface area (Å²) in [5.74, 6) is -0.464. The van der Waals surface area contributed by atoms with E-state index in [-0.39, 0.29) is 24.0 Å². The minimum absolute atomic E-state index is 0.00377. The normalized spacial score (nSPS) is 19.1. The quantitative estimate of drug-likeness (QED) is 0.575. The van der Waals surface area contributed by atoms with E-state index in [1.165, 1.54) is 12.1 Å². The Kier molecular flexibility index (Phi) is 6.11. The zero-order valence-corrected chi connectivity index (χ0v) is 17.0. The van der Waals surface area contributed by atoms with Gasteiger partial charge >= 0.3 is 0 Å². The highest BCUT2D eigenvalue weighted by Gasteiger charge is 2.30. The van der Waals surface area contributed by atoms with Crippen LogP contribution in [0.15, 0.2) is 48.8 Å². The summed E-state index contributed by atoms with van der Waals surface area (Å²) in [4.78, 5) is 4.21. The van der Waals surface area contributed by atoms with Crippen molar-refractivity contribution in [3.05, 3.63) is 77.4 Å². The van der Waals surface area contributed by atoms with Gasteiger partial charge in [-0.2, -0.15) is 0 Å². The van der Waals surface area contributed by atoms with E-state index < -0.39 is 17.7 Å². The van der Waals surface area contributed by atoms with Crippen LogP contribution >= 0.6 is 0 Å². The van der Waals surface area contributed by atoms with Crippen molar-refractivity contribution in [1.29, 1.82) is 0 Å². The van der Waals surface area contributed by atoms with Gasteiger partial charge in [-0.15, -0.1) is 0 Å². The Hall–Kier alpha value is -2.77. The number of rotatable bonds is 6. The molecule has 0 radical (unpaired) electrons. The Morgan fingerprint density at radius 2 is 1.97 bits per heavy atom. The van der Waals surface area contributed by atoms with Crippen molar-refractivity contribution in [2.45, 2.75) is 38.6 Å². The molecule has 1 aliphatic heterocycles. The summed E-state index contributed by atoms with van der Waals surface area (Å²) in [5, 5.41) is 0. The van der Waals surface area contributed by atoms with Crippen LogP contribution in [0.4, 0.5) is 8.78 Å². The van der Waals surface area contributed by atoms with Gasteiger partial charge in [0.05, 0.1) is 17.8 Å². The van der Waals surface area contributed by atoms with Crippen LogP contribution in [0.5, 0.6) is 5.75 Å². The zero-order chi connectivity index (χ0) is 21.1. The maximum Gasteiger partial charge on any atom is 0.173 e. The highest BCUT2D eigenvalue weighted by molar-refractivity contribution is 5.37. The Balaban J connectivity index is 1.48. The van der Waals surface area contributed by atoms with Crippen LogP contribution < -0.4 is 4.74 Å². The SMILES string of the molecule is COC1CCOC(c2c(F)ccc(OCc3ccc(-n4ccnc4C)cc3)c2F)C1. The molecule has 0 amide bonds. The van der Waals surface area contributed by atoms with Gasteiger partial charge in [-0.1, -0.05) is 12.1 Å². The monoisotopic (exact) mass is 414 g/mol. The maximum absolute atomic E-state index is 15.0. The van der Waals surface area contributed by atoms with Gasteiger partial charge in [-0.25, -0.2) is 13.8 Å². The molecule has 7 heteroatoms. The predicted octanol–water partition coefficient (Wildman–Crippen LogP) is 4.90. The van der Waals surface area contributed by atoms with E-state index in [0.29, 0.717) is 19.4 Å². The first-order chi connectivity index (χ1) is 14.6. The number of imidazole rings is 1. The lowest BCUT2D eigenvalue weighted by Gasteiger charge is -2.29. The van der Waals surface area contributed by atoms with E-state index in [4.69, 9.17) is 14.2 Å². The van der Waals surface area contributed by atoms with Crippen molar-refractivity contribution in [3.63, 3.8) is 0 Å². The summed E-state index contributed by atoms with van der Waals surface area (Å²) in [7, 11) is 1.60. The Bertz CT molecular complexity index is 1000. The molecule has 0 saturated carbocycles. The third-order valence-corrected chi connectivity index (χ3v) is 5.42. The molecular formula is C23H24F2N2O3. The van der Waals surface area contributed by atoms with Crippen molar-refractivity contribution >= 4 is 0 Å². The number of hydrogen-bond donors (Lipinski definition) is 0. The second kappa shape index (κ2) is 8.93. The summed E-state index contributed by atoms with van der Waals surface area (Å²) in [5.41, 5.74) is 1.75. The molecule has 1 saturated heterocycles. The molecule has 0 N–H and O–H groups in total. The van der Waals surface area contributed by atoms with Gasteiger partial charge in [0.1, 0.15) is 18.2 Å². The van der Waals surface area contributed by atoms with E-state index in [9.17, 15) is 4.39 Å². The number of aromatic nitrogens is 2. The summed E-state index contributed by atoms with van der Waals surface area (Å²) in [6.07, 6.45) is 3.98. The summed E-state index contributed by atoms with van der Waals surface area (Å²) < 4.78 is 48.0. The maximum atomic E-state index is 15.0. The van der Waals surface area contributed by atoms with Crippen LogP contribution in [-0.2, 0) is 16.1 Å². The molecule has 3 aromatic rings. The zero-order valence-electron chi connectivity index (χ0n) is 17.0. The summed E-state index contributed by atoms with van der Waals surface area (Å²) in [6, 6.07) is 10.2. The minimum atomic E-state index is -0.720. The highest BCUT2D eigenvalue weighted by atomic mass is 19.1. The molecule has 2 unspecified atom stereocenters. The topological polar surface area (TPSA) is 45.5 Å². The molecule has 158 valence electrons. The molecule has 30 heavy (non-hydrogen) atoms. The molecule has 0 spiro atoms. The number of aryl methyl sites for hydroxylation is 1. The van der Waals surface area contributed by atoms with Crippen molar-refractivity contribution in [2.75, 3.05) is 13.7 Å². The molecule has 1 aliphatic rings. The molecular weight excluding hydrogens is 390 g/mol. The third-order valence-electron chi connectivity index (χ3n) is 5.42. The second-order valence-corrected chi connectivity index (χ2v) is 7.31. The van der Waals surface area contributed by atoms with E-state index in [0.717, 1.165) is 17.1 Å². The van der Waals surface area contributed by atoms with E-state index >= 15 is 4.39 Å². The average Bonchev–Trinajstić information content (AvgIpc) is 3.20. The van der Waals surface area contributed by atoms with Gasteiger partial charge in [0.2, 0.25) is 0 Å². The Morgan fingerprint density at radius 3 is 2.67 bits per heavy atom. The predicted molar refractivity (Wildman–Crippen MR) is 108 cm³/mol. The van der Waals surface area contributed by atoms with Gasteiger partial charge in [0.25, 0.3) is 0 Å². The second-order valence-electron chi connectivity index (χ2n) is 7.31. The number of nitrogens with zero attached hydrogens (tertiary/aromatic N) is 2. The number of halogens is 2. The number of methoxy groups -OCH3 is 1. The van der Waals surface area contributed by atoms with E-state index in [1.807, 2.05) is 42.0 Å². The van der Waals surface area contributed by atoms with Gasteiger partial charge in [-0.05, 0) is 43.2 Å². The van der Waals surface area contributed by atoms with Gasteiger partial charge in [-0.3, -0.25) is 0 Å². The molecule has 4 rings (SSSR count). The van der Waals surface area contributed by atoms with Crippen LogP contribution in [0.25, 0.3) is 5.69 Å². The fraction of sp³-hybridized carbons (Fsp3) is 0.348. The lowest BCUT2D eigenvalue weighted by molar-refractivity contribution is -0.0624. The molecule has 1 fully saturated rings. The standard InChI is InChI=1S/C23H24F2N2O3/c1-15-26-10-11-27(15)17-5-3-16(4-6-17)14-30-20-8-7-19(24)22(23(20)25)21-13-18(28-2)9-12-29-21/h3-8,10-11,18,21H,9,12-14H2,1-2H3. The smallest absolute Gasteiger partial charge is 0.173 e. The average molecular weight is 414 g/mol. The minimum Gasteiger partial charge on any atom is -0.486 e. The first-order valence-electron chi connectivity index (χ1n) is 9.91. The van der Waals surface area contributed by atoms with Crippen molar-refractivity contribution < 1.29 is 23.0 Å². The van der Waals surface area contributed by atoms with Gasteiger partial charge in [0.15, 0.2) is 11.6 Å². The van der Waals surface area contributed by atoms with E-state index in [2.05, 4.69) is 4.98 Å². The van der Waals surface area contributed by atoms with Crippen LogP contribution in [0.3, 0.4) is 0 Å². The highest BCUT2D eigenvalue weighted by Crippen LogP contribution is 2.36. The molecule has 2 heterocycles. The molecule has 1 aromatic heterocycles. The fourth-order valence-electron chi connectivity index (χ4n) is 3.70. The number of benzene rings is 2. The van der Waals surface area contributed by atoms with Crippen LogP contribution in [0.2, 0.25) is 0 Å². The first-order valence-corrected chi connectivity index (χ1v) is 9.91. The Labute approximate surface area is 174 Å². The summed E-state index contributed by atoms with van der Waals surface area (Å²) >= 11 is 0. The molecule has 2 atom stereocenters. The molecule has 0 bridgehead atoms. The van der Waals surface area contributed by atoms with E-state index in [1.54, 1.807) is 13.3 Å². The Morgan fingerprint density at radius 1 is 1.17 bits per heavy atom. The van der Waals surface area contributed by atoms with Crippen LogP contribution in [-0.4, -0.2) is 29.4 Å². The number of hydrogen-bond acceptors (Lipinski definition) is 4. The van der Waals surface area contributed by atoms with Crippen molar-refractivity contribution in [1.82, 2.24) is 9.55 Å². The van der Waals surface area contributed by atoms with Crippen LogP contribution in [0, 0.1) is 18.6 Å². The van der Waals surface area contributed by atoms with Crippen molar-refractivity contribution in [3.8, 4) is 11.4 Å². The summed E-state index contributed by atoms with van der Waals surface area (Å²) in [6.45, 7) is 2.49. The van der Waals surface area contributed by atoms with Gasteiger partial charge < -0.3 is 18.8 Å². The third kappa shape index (κ3) is 4.22. The lowest BCUT2D eigenvalue weighted by atomic mass is 9.98. The first kappa shape index (κ1) is 20.5.